The van der Waals surface area contributed by atoms with Gasteiger partial charge in [0, 0.05) is 17.7 Å². The van der Waals surface area contributed by atoms with E-state index in [0.29, 0.717) is 23.2 Å². The maximum absolute atomic E-state index is 12.4. The third-order valence-electron chi connectivity index (χ3n) is 2.68. The van der Waals surface area contributed by atoms with Crippen LogP contribution in [-0.2, 0) is 6.54 Å². The van der Waals surface area contributed by atoms with E-state index in [1.807, 2.05) is 0 Å². The van der Waals surface area contributed by atoms with Gasteiger partial charge in [-0.25, -0.2) is 0 Å². The Morgan fingerprint density at radius 2 is 2.05 bits per heavy atom. The Morgan fingerprint density at radius 3 is 2.53 bits per heavy atom. The molecular weight excluding hydrogens is 259 g/mol. The summed E-state index contributed by atoms with van der Waals surface area (Å²) in [5.74, 6) is 0.478. The summed E-state index contributed by atoms with van der Waals surface area (Å²) in [6, 6.07) is 4.70. The zero-order chi connectivity index (χ0) is 14.5. The second kappa shape index (κ2) is 6.56. The molecule has 3 nitrogen and oxygen atoms in total. The average Bonchev–Trinajstić information content (AvgIpc) is 2.36. The molecule has 0 fully saturated rings. The van der Waals surface area contributed by atoms with E-state index in [0.717, 1.165) is 0 Å². The van der Waals surface area contributed by atoms with Crippen molar-refractivity contribution in [3.8, 4) is 5.75 Å². The van der Waals surface area contributed by atoms with Crippen LogP contribution in [0.1, 0.15) is 22.8 Å². The van der Waals surface area contributed by atoms with E-state index < -0.39 is 12.7 Å². The van der Waals surface area contributed by atoms with Gasteiger partial charge in [0.25, 0.3) is 0 Å². The number of halogens is 3. The number of aldehydes is 1. The van der Waals surface area contributed by atoms with Crippen molar-refractivity contribution in [3.63, 3.8) is 0 Å². The third-order valence-corrected chi connectivity index (χ3v) is 2.68. The van der Waals surface area contributed by atoms with E-state index in [1.54, 1.807) is 25.1 Å². The Bertz CT molecular complexity index is 432. The van der Waals surface area contributed by atoms with Gasteiger partial charge in [-0.15, -0.1) is 0 Å². The summed E-state index contributed by atoms with van der Waals surface area (Å²) in [6.07, 6.45) is -3.59. The Hall–Kier alpha value is -1.56. The van der Waals surface area contributed by atoms with E-state index in [-0.39, 0.29) is 13.1 Å². The minimum absolute atomic E-state index is 0.0842. The molecular formula is C13H16F3NO2. The van der Waals surface area contributed by atoms with Crippen LogP contribution in [-0.4, -0.2) is 37.6 Å². The van der Waals surface area contributed by atoms with Gasteiger partial charge in [-0.3, -0.25) is 9.69 Å². The minimum Gasteiger partial charge on any atom is -0.496 e. The molecule has 0 aromatic heterocycles. The molecule has 106 valence electrons. The summed E-state index contributed by atoms with van der Waals surface area (Å²) in [5, 5.41) is 0. The predicted molar refractivity (Wildman–Crippen MR) is 65.4 cm³/mol. The highest BCUT2D eigenvalue weighted by atomic mass is 19.4. The number of benzene rings is 1. The molecule has 0 aliphatic carbocycles. The molecule has 0 aliphatic rings. The number of carbonyl (C=O) groups is 1. The van der Waals surface area contributed by atoms with Gasteiger partial charge in [0.05, 0.1) is 13.7 Å². The van der Waals surface area contributed by atoms with Crippen LogP contribution >= 0.6 is 0 Å². The molecule has 0 unspecified atom stereocenters. The van der Waals surface area contributed by atoms with Crippen molar-refractivity contribution < 1.29 is 22.7 Å². The fraction of sp³-hybridized carbons (Fsp3) is 0.462. The van der Waals surface area contributed by atoms with Gasteiger partial charge in [-0.1, -0.05) is 6.92 Å². The van der Waals surface area contributed by atoms with Crippen LogP contribution in [0.2, 0.25) is 0 Å². The van der Waals surface area contributed by atoms with E-state index in [4.69, 9.17) is 4.74 Å². The number of ether oxygens (including phenoxy) is 1. The molecule has 6 heteroatoms. The first-order valence-corrected chi connectivity index (χ1v) is 5.80. The molecule has 0 amide bonds. The molecule has 0 heterocycles. The largest absolute Gasteiger partial charge is 0.496 e. The SMILES string of the molecule is CCN(Cc1cc(C=O)ccc1OC)CC(F)(F)F. The maximum atomic E-state index is 12.4. The molecule has 0 radical (unpaired) electrons. The normalized spacial score (nSPS) is 11.7. The van der Waals surface area contributed by atoms with Crippen molar-refractivity contribution in [1.29, 1.82) is 0 Å². The van der Waals surface area contributed by atoms with Gasteiger partial charge in [0.1, 0.15) is 12.0 Å². The number of hydrogen-bond acceptors (Lipinski definition) is 3. The van der Waals surface area contributed by atoms with Gasteiger partial charge >= 0.3 is 6.18 Å². The molecule has 0 N–H and O–H groups in total. The van der Waals surface area contributed by atoms with Crippen molar-refractivity contribution in [1.82, 2.24) is 4.90 Å². The molecule has 0 saturated heterocycles. The van der Waals surface area contributed by atoms with Gasteiger partial charge in [-0.05, 0) is 24.7 Å². The first kappa shape index (κ1) is 15.5. The fourth-order valence-electron chi connectivity index (χ4n) is 1.77. The van der Waals surface area contributed by atoms with Gasteiger partial charge < -0.3 is 4.74 Å². The maximum Gasteiger partial charge on any atom is 0.401 e. The smallest absolute Gasteiger partial charge is 0.401 e. The summed E-state index contributed by atoms with van der Waals surface area (Å²) < 4.78 is 42.3. The fourth-order valence-corrected chi connectivity index (χ4v) is 1.77. The van der Waals surface area contributed by atoms with E-state index >= 15 is 0 Å². The molecule has 0 aliphatic heterocycles. The first-order valence-electron chi connectivity index (χ1n) is 5.80. The summed E-state index contributed by atoms with van der Waals surface area (Å²) in [6.45, 7) is 1.01. The van der Waals surface area contributed by atoms with Gasteiger partial charge in [0.15, 0.2) is 0 Å². The highest BCUT2D eigenvalue weighted by Crippen LogP contribution is 2.23. The highest BCUT2D eigenvalue weighted by molar-refractivity contribution is 5.75. The monoisotopic (exact) mass is 275 g/mol. The van der Waals surface area contributed by atoms with Crippen LogP contribution < -0.4 is 4.74 Å². The molecule has 1 aromatic carbocycles. The number of rotatable bonds is 6. The Balaban J connectivity index is 2.91. The van der Waals surface area contributed by atoms with Crippen molar-refractivity contribution in [2.45, 2.75) is 19.6 Å². The summed E-state index contributed by atoms with van der Waals surface area (Å²) in [4.78, 5) is 12.0. The zero-order valence-electron chi connectivity index (χ0n) is 10.8. The molecule has 1 rings (SSSR count). The number of carbonyl (C=O) groups excluding carboxylic acids is 1. The van der Waals surface area contributed by atoms with Gasteiger partial charge in [-0.2, -0.15) is 13.2 Å². The molecule has 0 saturated carbocycles. The number of alkyl halides is 3. The van der Waals surface area contributed by atoms with Crippen molar-refractivity contribution >= 4 is 6.29 Å². The number of nitrogens with zero attached hydrogens (tertiary/aromatic N) is 1. The third kappa shape index (κ3) is 4.90. The van der Waals surface area contributed by atoms with Crippen LogP contribution in [0.15, 0.2) is 18.2 Å². The summed E-state index contributed by atoms with van der Waals surface area (Å²) in [7, 11) is 1.44. The Labute approximate surface area is 110 Å². The van der Waals surface area contributed by atoms with Crippen molar-refractivity contribution in [3.05, 3.63) is 29.3 Å². The Kier molecular flexibility index (Phi) is 5.35. The quantitative estimate of drug-likeness (QED) is 0.748. The molecule has 1 aromatic rings. The minimum atomic E-state index is -4.24. The van der Waals surface area contributed by atoms with Crippen LogP contribution in [0.5, 0.6) is 5.75 Å². The topological polar surface area (TPSA) is 29.5 Å². The van der Waals surface area contributed by atoms with Crippen LogP contribution in [0.3, 0.4) is 0 Å². The number of hydrogen-bond donors (Lipinski definition) is 0. The second-order valence-corrected chi connectivity index (χ2v) is 4.11. The first-order chi connectivity index (χ1) is 8.89. The lowest BCUT2D eigenvalue weighted by Crippen LogP contribution is -2.33. The lowest BCUT2D eigenvalue weighted by molar-refractivity contribution is -0.146. The molecule has 0 spiro atoms. The summed E-state index contributed by atoms with van der Waals surface area (Å²) >= 11 is 0. The molecule has 0 bridgehead atoms. The molecule has 19 heavy (non-hydrogen) atoms. The van der Waals surface area contributed by atoms with Gasteiger partial charge in [0.2, 0.25) is 0 Å². The Morgan fingerprint density at radius 1 is 1.37 bits per heavy atom. The standard InChI is InChI=1S/C13H16F3NO2/c1-3-17(9-13(14,15)16)7-11-6-10(8-18)4-5-12(11)19-2/h4-6,8H,3,7,9H2,1-2H3. The number of methoxy groups -OCH3 is 1. The summed E-state index contributed by atoms with van der Waals surface area (Å²) in [5.41, 5.74) is 0.983. The van der Waals surface area contributed by atoms with Crippen molar-refractivity contribution in [2.75, 3.05) is 20.2 Å². The lowest BCUT2D eigenvalue weighted by Gasteiger charge is -2.23. The van der Waals surface area contributed by atoms with Crippen molar-refractivity contribution in [2.24, 2.45) is 0 Å². The predicted octanol–water partition coefficient (Wildman–Crippen LogP) is 2.89. The zero-order valence-corrected chi connectivity index (χ0v) is 10.8. The average molecular weight is 275 g/mol. The van der Waals surface area contributed by atoms with E-state index in [2.05, 4.69) is 0 Å². The highest BCUT2D eigenvalue weighted by Gasteiger charge is 2.30. The van der Waals surface area contributed by atoms with E-state index in [9.17, 15) is 18.0 Å². The second-order valence-electron chi connectivity index (χ2n) is 4.11. The van der Waals surface area contributed by atoms with Crippen LogP contribution in [0.4, 0.5) is 13.2 Å². The van der Waals surface area contributed by atoms with Crippen LogP contribution in [0, 0.1) is 0 Å². The van der Waals surface area contributed by atoms with Crippen LogP contribution in [0.25, 0.3) is 0 Å². The lowest BCUT2D eigenvalue weighted by atomic mass is 10.1. The van der Waals surface area contributed by atoms with E-state index in [1.165, 1.54) is 12.0 Å². The molecule has 0 atom stereocenters.